The molecule has 2 amide bonds. The molecule has 0 radical (unpaired) electrons. The van der Waals surface area contributed by atoms with E-state index in [0.29, 0.717) is 6.54 Å². The standard InChI is InChI=1S/C28H30N4O3/c1-27(2,3)35-26(34)30-18-19-10-8-11-20(16-19)21-12-9-15-23(17-21)28(22-13-6-5-7-14-22)24(33)32(4)25(29)31-28/h5-17H,18H2,1-4H3,(H2,29,31)(H,30,34). The normalized spacial score (nSPS) is 17.8. The van der Waals surface area contributed by atoms with Crippen molar-refractivity contribution in [2.24, 2.45) is 10.7 Å². The molecule has 0 saturated carbocycles. The molecule has 0 aliphatic carbocycles. The highest BCUT2D eigenvalue weighted by molar-refractivity contribution is 6.09. The SMILES string of the molecule is CN1C(=O)C(c2ccccc2)(c2cccc(-c3cccc(CNC(=O)OC(C)(C)C)c3)c2)N=C1N. The molecule has 3 aromatic carbocycles. The Morgan fingerprint density at radius 3 is 2.23 bits per heavy atom. The van der Waals surface area contributed by atoms with Crippen LogP contribution in [-0.4, -0.2) is 35.5 Å². The van der Waals surface area contributed by atoms with Gasteiger partial charge in [-0.05, 0) is 60.7 Å². The van der Waals surface area contributed by atoms with Crippen LogP contribution in [0, 0.1) is 0 Å². The van der Waals surface area contributed by atoms with Crippen LogP contribution in [0.4, 0.5) is 4.79 Å². The first-order valence-electron chi connectivity index (χ1n) is 11.5. The summed E-state index contributed by atoms with van der Waals surface area (Å²) in [6.07, 6.45) is -0.464. The van der Waals surface area contributed by atoms with E-state index in [1.165, 1.54) is 4.90 Å². The van der Waals surface area contributed by atoms with E-state index in [0.717, 1.165) is 27.8 Å². The lowest BCUT2D eigenvalue weighted by Crippen LogP contribution is -2.41. The zero-order valence-electron chi connectivity index (χ0n) is 20.4. The van der Waals surface area contributed by atoms with Gasteiger partial charge in [-0.15, -0.1) is 0 Å². The molecule has 7 nitrogen and oxygen atoms in total. The number of hydrogen-bond donors (Lipinski definition) is 2. The van der Waals surface area contributed by atoms with E-state index >= 15 is 0 Å². The summed E-state index contributed by atoms with van der Waals surface area (Å²) >= 11 is 0. The number of benzene rings is 3. The summed E-state index contributed by atoms with van der Waals surface area (Å²) < 4.78 is 5.32. The highest BCUT2D eigenvalue weighted by atomic mass is 16.6. The van der Waals surface area contributed by atoms with Crippen molar-refractivity contribution < 1.29 is 14.3 Å². The maximum atomic E-state index is 13.5. The summed E-state index contributed by atoms with van der Waals surface area (Å²) in [6.45, 7) is 5.81. The fourth-order valence-electron chi connectivity index (χ4n) is 4.14. The number of likely N-dealkylation sites (N-methyl/N-ethyl adjacent to an activating group) is 1. The van der Waals surface area contributed by atoms with Gasteiger partial charge in [0.15, 0.2) is 11.5 Å². The minimum atomic E-state index is -1.24. The minimum Gasteiger partial charge on any atom is -0.444 e. The molecule has 0 bridgehead atoms. The molecule has 1 heterocycles. The smallest absolute Gasteiger partial charge is 0.407 e. The Kier molecular flexibility index (Phi) is 6.35. The lowest BCUT2D eigenvalue weighted by atomic mass is 9.81. The van der Waals surface area contributed by atoms with Gasteiger partial charge in [0.2, 0.25) is 0 Å². The highest BCUT2D eigenvalue weighted by Gasteiger charge is 2.49. The number of rotatable bonds is 5. The molecule has 1 unspecified atom stereocenters. The van der Waals surface area contributed by atoms with Crippen LogP contribution in [0.25, 0.3) is 11.1 Å². The first-order chi connectivity index (χ1) is 16.6. The van der Waals surface area contributed by atoms with E-state index in [2.05, 4.69) is 10.3 Å². The van der Waals surface area contributed by atoms with Crippen molar-refractivity contribution in [1.29, 1.82) is 0 Å². The number of amides is 2. The molecule has 0 saturated heterocycles. The molecule has 0 spiro atoms. The fourth-order valence-corrected chi connectivity index (χ4v) is 4.14. The third kappa shape index (κ3) is 4.89. The van der Waals surface area contributed by atoms with Crippen molar-refractivity contribution >= 4 is 18.0 Å². The number of alkyl carbamates (subject to hydrolysis) is 1. The minimum absolute atomic E-state index is 0.180. The molecule has 1 aliphatic rings. The molecule has 7 heteroatoms. The lowest BCUT2D eigenvalue weighted by molar-refractivity contribution is -0.129. The van der Waals surface area contributed by atoms with Crippen molar-refractivity contribution in [2.75, 3.05) is 7.05 Å². The molecule has 0 aromatic heterocycles. The van der Waals surface area contributed by atoms with Gasteiger partial charge >= 0.3 is 6.09 Å². The summed E-state index contributed by atoms with van der Waals surface area (Å²) in [6, 6.07) is 25.1. The van der Waals surface area contributed by atoms with Crippen molar-refractivity contribution in [3.05, 3.63) is 95.6 Å². The Bertz CT molecular complexity index is 1280. The molecule has 1 aliphatic heterocycles. The number of guanidine groups is 1. The predicted molar refractivity (Wildman–Crippen MR) is 137 cm³/mol. The molecule has 180 valence electrons. The Labute approximate surface area is 205 Å². The second-order valence-corrected chi connectivity index (χ2v) is 9.55. The Hall–Kier alpha value is -4.13. The van der Waals surface area contributed by atoms with Gasteiger partial charge in [0, 0.05) is 13.6 Å². The summed E-state index contributed by atoms with van der Waals surface area (Å²) in [4.78, 5) is 31.6. The number of carbonyl (C=O) groups is 2. The lowest BCUT2D eigenvalue weighted by Gasteiger charge is -2.26. The second-order valence-electron chi connectivity index (χ2n) is 9.55. The van der Waals surface area contributed by atoms with Gasteiger partial charge in [0.05, 0.1) is 0 Å². The van der Waals surface area contributed by atoms with Crippen molar-refractivity contribution in [1.82, 2.24) is 10.2 Å². The molecule has 3 aromatic rings. The molecule has 35 heavy (non-hydrogen) atoms. The van der Waals surface area contributed by atoms with Gasteiger partial charge in [-0.3, -0.25) is 9.69 Å². The molecule has 3 N–H and O–H groups in total. The van der Waals surface area contributed by atoms with Crippen LogP contribution in [0.3, 0.4) is 0 Å². The maximum absolute atomic E-state index is 13.5. The van der Waals surface area contributed by atoms with E-state index in [1.807, 2.05) is 99.6 Å². The summed E-state index contributed by atoms with van der Waals surface area (Å²) in [7, 11) is 1.64. The monoisotopic (exact) mass is 470 g/mol. The van der Waals surface area contributed by atoms with Gasteiger partial charge in [0.1, 0.15) is 5.60 Å². The average molecular weight is 471 g/mol. The quantitative estimate of drug-likeness (QED) is 0.577. The van der Waals surface area contributed by atoms with E-state index in [4.69, 9.17) is 10.5 Å². The van der Waals surface area contributed by atoms with E-state index in [1.54, 1.807) is 7.05 Å². The van der Waals surface area contributed by atoms with Gasteiger partial charge < -0.3 is 15.8 Å². The van der Waals surface area contributed by atoms with Crippen LogP contribution in [0.15, 0.2) is 83.9 Å². The predicted octanol–water partition coefficient (Wildman–Crippen LogP) is 4.41. The van der Waals surface area contributed by atoms with Crippen molar-refractivity contribution in [3.8, 4) is 11.1 Å². The van der Waals surface area contributed by atoms with E-state index in [-0.39, 0.29) is 11.9 Å². The van der Waals surface area contributed by atoms with Crippen LogP contribution in [0.2, 0.25) is 0 Å². The first kappa shape index (κ1) is 24.0. The molecule has 4 rings (SSSR count). The molecule has 1 atom stereocenters. The Morgan fingerprint density at radius 1 is 0.971 bits per heavy atom. The second kappa shape index (κ2) is 9.25. The third-order valence-corrected chi connectivity index (χ3v) is 5.81. The van der Waals surface area contributed by atoms with Gasteiger partial charge in [-0.2, -0.15) is 0 Å². The number of nitrogens with zero attached hydrogens (tertiary/aromatic N) is 2. The number of nitrogens with two attached hydrogens (primary N) is 1. The zero-order chi connectivity index (χ0) is 25.2. The Morgan fingerprint density at radius 2 is 1.60 bits per heavy atom. The van der Waals surface area contributed by atoms with Crippen molar-refractivity contribution in [2.45, 2.75) is 38.5 Å². The first-order valence-corrected chi connectivity index (χ1v) is 11.5. The topological polar surface area (TPSA) is 97.0 Å². The van der Waals surface area contributed by atoms with Crippen LogP contribution < -0.4 is 11.1 Å². The van der Waals surface area contributed by atoms with Gasteiger partial charge in [0.25, 0.3) is 5.91 Å². The molecule has 0 fully saturated rings. The fraction of sp³-hybridized carbons (Fsp3) is 0.250. The number of hydrogen-bond acceptors (Lipinski definition) is 5. The number of nitrogens with one attached hydrogen (secondary N) is 1. The van der Waals surface area contributed by atoms with E-state index < -0.39 is 17.2 Å². The number of aliphatic imine (C=N–C) groups is 1. The summed E-state index contributed by atoms with van der Waals surface area (Å²) in [5, 5.41) is 2.79. The zero-order valence-corrected chi connectivity index (χ0v) is 20.4. The third-order valence-electron chi connectivity index (χ3n) is 5.81. The molecular formula is C28H30N4O3. The van der Waals surface area contributed by atoms with Gasteiger partial charge in [-0.1, -0.05) is 66.7 Å². The maximum Gasteiger partial charge on any atom is 0.407 e. The average Bonchev–Trinajstić information content (AvgIpc) is 3.07. The molecular weight excluding hydrogens is 440 g/mol. The number of carbonyl (C=O) groups excluding carboxylic acids is 2. The van der Waals surface area contributed by atoms with Crippen LogP contribution in [-0.2, 0) is 21.6 Å². The summed E-state index contributed by atoms with van der Waals surface area (Å²) in [5.74, 6) is -0.0202. The van der Waals surface area contributed by atoms with Crippen LogP contribution in [0.1, 0.15) is 37.5 Å². The largest absolute Gasteiger partial charge is 0.444 e. The van der Waals surface area contributed by atoms with Crippen molar-refractivity contribution in [3.63, 3.8) is 0 Å². The van der Waals surface area contributed by atoms with Crippen LogP contribution in [0.5, 0.6) is 0 Å². The Balaban J connectivity index is 1.67. The van der Waals surface area contributed by atoms with Crippen LogP contribution >= 0.6 is 0 Å². The number of ether oxygens (including phenoxy) is 1. The summed E-state index contributed by atoms with van der Waals surface area (Å²) in [5.41, 5.74) is 8.58. The van der Waals surface area contributed by atoms with E-state index in [9.17, 15) is 9.59 Å². The highest BCUT2D eigenvalue weighted by Crippen LogP contribution is 2.40. The van der Waals surface area contributed by atoms with Gasteiger partial charge in [-0.25, -0.2) is 9.79 Å².